The molecular weight excluding hydrogens is 142 g/mol. The minimum Gasteiger partial charge on any atom is -0.446 e. The van der Waals surface area contributed by atoms with Crippen LogP contribution in [0.3, 0.4) is 0 Å². The van der Waals surface area contributed by atoms with Gasteiger partial charge in [0.2, 0.25) is 0 Å². The van der Waals surface area contributed by atoms with E-state index >= 15 is 0 Å². The lowest BCUT2D eigenvalue weighted by atomic mass is 10.6. The Morgan fingerprint density at radius 3 is 2.45 bits per heavy atom. The Morgan fingerprint density at radius 1 is 1.55 bits per heavy atom. The maximum absolute atomic E-state index is 10.6. The highest BCUT2D eigenvalue weighted by molar-refractivity contribution is 5.81. The van der Waals surface area contributed by atoms with Crippen molar-refractivity contribution >= 4 is 5.97 Å². The van der Waals surface area contributed by atoms with E-state index in [9.17, 15) is 4.79 Å². The van der Waals surface area contributed by atoms with Gasteiger partial charge in [0.15, 0.2) is 0 Å². The molecule has 0 N–H and O–H groups in total. The summed E-state index contributed by atoms with van der Waals surface area (Å²) in [7, 11) is 0. The third kappa shape index (κ3) is 4.56. The Morgan fingerprint density at radius 2 is 2.09 bits per heavy atom. The SMILES string of the molecule is C=CC(=O)OCN(CC)CC. The van der Waals surface area contributed by atoms with E-state index < -0.39 is 0 Å². The molecule has 0 spiro atoms. The van der Waals surface area contributed by atoms with Gasteiger partial charge in [0.25, 0.3) is 0 Å². The molecule has 0 amide bonds. The van der Waals surface area contributed by atoms with Crippen LogP contribution in [0.25, 0.3) is 0 Å². The first-order chi connectivity index (χ1) is 5.24. The predicted molar refractivity (Wildman–Crippen MR) is 44.1 cm³/mol. The van der Waals surface area contributed by atoms with Gasteiger partial charge >= 0.3 is 5.97 Å². The molecule has 0 aromatic carbocycles. The third-order valence-corrected chi connectivity index (χ3v) is 1.45. The highest BCUT2D eigenvalue weighted by Gasteiger charge is 2.00. The van der Waals surface area contributed by atoms with Crippen molar-refractivity contribution < 1.29 is 9.53 Å². The molecule has 0 aliphatic carbocycles. The van der Waals surface area contributed by atoms with Gasteiger partial charge in [-0.2, -0.15) is 0 Å². The summed E-state index contributed by atoms with van der Waals surface area (Å²) in [6.07, 6.45) is 1.17. The molecular formula is C8H15NO2. The molecule has 0 atom stereocenters. The number of nitrogens with zero attached hydrogens (tertiary/aromatic N) is 1. The monoisotopic (exact) mass is 157 g/mol. The molecule has 3 nitrogen and oxygen atoms in total. The minimum atomic E-state index is -0.364. The molecule has 11 heavy (non-hydrogen) atoms. The van der Waals surface area contributed by atoms with Gasteiger partial charge in [-0.3, -0.25) is 4.90 Å². The van der Waals surface area contributed by atoms with Crippen molar-refractivity contribution in [1.29, 1.82) is 0 Å². The van der Waals surface area contributed by atoms with Crippen LogP contribution in [0.2, 0.25) is 0 Å². The summed E-state index contributed by atoms with van der Waals surface area (Å²) in [6, 6.07) is 0. The summed E-state index contributed by atoms with van der Waals surface area (Å²) >= 11 is 0. The quantitative estimate of drug-likeness (QED) is 0.339. The number of carbonyl (C=O) groups excluding carboxylic acids is 1. The van der Waals surface area contributed by atoms with Crippen molar-refractivity contribution in [2.75, 3.05) is 19.8 Å². The van der Waals surface area contributed by atoms with Gasteiger partial charge in [-0.25, -0.2) is 4.79 Å². The van der Waals surface area contributed by atoms with Gasteiger partial charge in [-0.15, -0.1) is 0 Å². The Balaban J connectivity index is 3.49. The van der Waals surface area contributed by atoms with E-state index in [1.54, 1.807) is 0 Å². The molecule has 0 saturated carbocycles. The molecule has 0 radical (unpaired) electrons. The van der Waals surface area contributed by atoms with Crippen LogP contribution in [0.15, 0.2) is 12.7 Å². The molecule has 0 aromatic rings. The Bertz CT molecular complexity index is 130. The van der Waals surface area contributed by atoms with Gasteiger partial charge < -0.3 is 4.74 Å². The maximum Gasteiger partial charge on any atom is 0.331 e. The standard InChI is InChI=1S/C8H15NO2/c1-4-8(10)11-7-9(5-2)6-3/h4H,1,5-7H2,2-3H3. The van der Waals surface area contributed by atoms with E-state index in [0.717, 1.165) is 13.1 Å². The van der Waals surface area contributed by atoms with E-state index in [1.165, 1.54) is 6.08 Å². The van der Waals surface area contributed by atoms with Crippen LogP contribution >= 0.6 is 0 Å². The summed E-state index contributed by atoms with van der Waals surface area (Å²) in [5.74, 6) is -0.364. The van der Waals surface area contributed by atoms with Crippen LogP contribution in [0, 0.1) is 0 Å². The number of hydrogen-bond donors (Lipinski definition) is 0. The second-order valence-corrected chi connectivity index (χ2v) is 2.10. The first-order valence-electron chi connectivity index (χ1n) is 3.76. The number of ether oxygens (including phenoxy) is 1. The normalized spacial score (nSPS) is 9.73. The van der Waals surface area contributed by atoms with E-state index in [2.05, 4.69) is 6.58 Å². The van der Waals surface area contributed by atoms with Gasteiger partial charge in [0.1, 0.15) is 6.73 Å². The fourth-order valence-corrected chi connectivity index (χ4v) is 0.620. The van der Waals surface area contributed by atoms with Crippen LogP contribution in [0.1, 0.15) is 13.8 Å². The highest BCUT2D eigenvalue weighted by Crippen LogP contribution is 1.88. The van der Waals surface area contributed by atoms with Gasteiger partial charge in [0.05, 0.1) is 0 Å². The zero-order valence-corrected chi connectivity index (χ0v) is 7.17. The average molecular weight is 157 g/mol. The largest absolute Gasteiger partial charge is 0.446 e. The van der Waals surface area contributed by atoms with Crippen LogP contribution in [0.4, 0.5) is 0 Å². The molecule has 0 rings (SSSR count). The number of rotatable bonds is 5. The summed E-state index contributed by atoms with van der Waals surface area (Å²) in [6.45, 7) is 9.47. The fourth-order valence-electron chi connectivity index (χ4n) is 0.620. The lowest BCUT2D eigenvalue weighted by molar-refractivity contribution is -0.142. The number of esters is 1. The first-order valence-corrected chi connectivity index (χ1v) is 3.76. The molecule has 0 bridgehead atoms. The van der Waals surface area contributed by atoms with E-state index in [-0.39, 0.29) is 5.97 Å². The van der Waals surface area contributed by atoms with Crippen LogP contribution in [-0.4, -0.2) is 30.7 Å². The molecule has 0 aliphatic heterocycles. The first kappa shape index (κ1) is 10.2. The molecule has 0 fully saturated rings. The van der Waals surface area contributed by atoms with Crippen molar-refractivity contribution in [2.24, 2.45) is 0 Å². The fraction of sp³-hybridized carbons (Fsp3) is 0.625. The smallest absolute Gasteiger partial charge is 0.331 e. The third-order valence-electron chi connectivity index (χ3n) is 1.45. The topological polar surface area (TPSA) is 29.5 Å². The summed E-state index contributed by atoms with van der Waals surface area (Å²) < 4.78 is 4.80. The van der Waals surface area contributed by atoms with Crippen LogP contribution in [0.5, 0.6) is 0 Å². The van der Waals surface area contributed by atoms with Crippen molar-refractivity contribution in [3.63, 3.8) is 0 Å². The Labute approximate surface area is 67.6 Å². The van der Waals surface area contributed by atoms with Crippen LogP contribution < -0.4 is 0 Å². The van der Waals surface area contributed by atoms with Gasteiger partial charge in [-0.1, -0.05) is 20.4 Å². The molecule has 64 valence electrons. The molecule has 3 heteroatoms. The summed E-state index contributed by atoms with van der Waals surface area (Å²) in [5.41, 5.74) is 0. The molecule has 0 saturated heterocycles. The summed E-state index contributed by atoms with van der Waals surface area (Å²) in [4.78, 5) is 12.6. The van der Waals surface area contributed by atoms with Crippen molar-refractivity contribution in [2.45, 2.75) is 13.8 Å². The Kier molecular flexibility index (Phi) is 5.47. The predicted octanol–water partition coefficient (Wildman–Crippen LogP) is 1.01. The minimum absolute atomic E-state index is 0.359. The molecule has 0 unspecified atom stereocenters. The van der Waals surface area contributed by atoms with Crippen molar-refractivity contribution in [3.05, 3.63) is 12.7 Å². The maximum atomic E-state index is 10.6. The van der Waals surface area contributed by atoms with Crippen molar-refractivity contribution in [1.82, 2.24) is 4.90 Å². The molecule has 0 heterocycles. The van der Waals surface area contributed by atoms with E-state index in [0.29, 0.717) is 6.73 Å². The second-order valence-electron chi connectivity index (χ2n) is 2.10. The van der Waals surface area contributed by atoms with Crippen LogP contribution in [-0.2, 0) is 9.53 Å². The van der Waals surface area contributed by atoms with E-state index in [4.69, 9.17) is 4.74 Å². The number of carbonyl (C=O) groups is 1. The zero-order chi connectivity index (χ0) is 8.69. The zero-order valence-electron chi connectivity index (χ0n) is 7.17. The lowest BCUT2D eigenvalue weighted by Crippen LogP contribution is -2.27. The summed E-state index contributed by atoms with van der Waals surface area (Å²) in [5, 5.41) is 0. The van der Waals surface area contributed by atoms with E-state index in [1.807, 2.05) is 18.7 Å². The molecule has 0 aromatic heterocycles. The van der Waals surface area contributed by atoms with Gasteiger partial charge in [-0.05, 0) is 13.1 Å². The average Bonchev–Trinajstić information content (AvgIpc) is 2.06. The lowest BCUT2D eigenvalue weighted by Gasteiger charge is -2.16. The highest BCUT2D eigenvalue weighted by atomic mass is 16.5. The second kappa shape index (κ2) is 5.92. The van der Waals surface area contributed by atoms with Crippen molar-refractivity contribution in [3.8, 4) is 0 Å². The Hall–Kier alpha value is -0.830. The number of hydrogen-bond acceptors (Lipinski definition) is 3. The van der Waals surface area contributed by atoms with Gasteiger partial charge in [0, 0.05) is 6.08 Å². The molecule has 0 aliphatic rings.